The number of aryl methyl sites for hydroxylation is 1. The molecule has 0 N–H and O–H groups in total. The van der Waals surface area contributed by atoms with Gasteiger partial charge in [-0.05, 0) is 24.6 Å². The average Bonchev–Trinajstić information content (AvgIpc) is 3.19. The Morgan fingerprint density at radius 2 is 1.57 bits per heavy atom. The summed E-state index contributed by atoms with van der Waals surface area (Å²) in [7, 11) is 0. The van der Waals surface area contributed by atoms with Crippen molar-refractivity contribution in [1.29, 1.82) is 5.26 Å². The Kier molecular flexibility index (Phi) is 5.82. The summed E-state index contributed by atoms with van der Waals surface area (Å²) in [5.74, 6) is 0. The van der Waals surface area contributed by atoms with Crippen molar-refractivity contribution in [1.82, 2.24) is 14.8 Å². The Balaban J connectivity index is 1.28. The third kappa shape index (κ3) is 4.66. The van der Waals surface area contributed by atoms with Crippen molar-refractivity contribution >= 4 is 11.3 Å². The first kappa shape index (κ1) is 18.8. The molecule has 0 saturated carbocycles. The number of hydrogen-bond acceptors (Lipinski definition) is 5. The molecule has 1 saturated heterocycles. The largest absolute Gasteiger partial charge is 0.297 e. The van der Waals surface area contributed by atoms with Crippen LogP contribution in [0, 0.1) is 18.3 Å². The van der Waals surface area contributed by atoms with Crippen molar-refractivity contribution in [2.75, 3.05) is 26.2 Å². The van der Waals surface area contributed by atoms with E-state index in [0.717, 1.165) is 49.8 Å². The lowest BCUT2D eigenvalue weighted by atomic mass is 10.1. The van der Waals surface area contributed by atoms with E-state index in [9.17, 15) is 0 Å². The summed E-state index contributed by atoms with van der Waals surface area (Å²) in [4.78, 5) is 9.82. The normalized spacial score (nSPS) is 15.4. The molecule has 0 bridgehead atoms. The summed E-state index contributed by atoms with van der Waals surface area (Å²) in [6.07, 6.45) is 0. The molecule has 5 heteroatoms. The minimum atomic E-state index is 0.724. The van der Waals surface area contributed by atoms with Crippen LogP contribution in [0.5, 0.6) is 0 Å². The molecule has 4 nitrogen and oxygen atoms in total. The standard InChI is InChI=1S/C23H24N4S/c1-18-2-8-21(9-3-18)23-25-22(17-28-23)16-27-12-10-26(11-13-27)15-20-6-4-19(14-24)5-7-20/h2-9,17H,10-13,15-16H2,1H3. The monoisotopic (exact) mass is 388 g/mol. The van der Waals surface area contributed by atoms with Gasteiger partial charge in [-0.3, -0.25) is 9.80 Å². The fraction of sp³-hybridized carbons (Fsp3) is 0.304. The molecular weight excluding hydrogens is 364 g/mol. The maximum absolute atomic E-state index is 8.91. The van der Waals surface area contributed by atoms with E-state index in [1.54, 1.807) is 11.3 Å². The van der Waals surface area contributed by atoms with Gasteiger partial charge in [0.05, 0.1) is 17.3 Å². The van der Waals surface area contributed by atoms with Crippen molar-refractivity contribution in [3.05, 3.63) is 76.3 Å². The minimum absolute atomic E-state index is 0.724. The van der Waals surface area contributed by atoms with Crippen LogP contribution in [0.25, 0.3) is 10.6 Å². The number of thiazole rings is 1. The molecule has 0 aliphatic carbocycles. The van der Waals surface area contributed by atoms with Gasteiger partial charge < -0.3 is 0 Å². The molecule has 142 valence electrons. The minimum Gasteiger partial charge on any atom is -0.297 e. The molecule has 4 rings (SSSR count). The molecule has 3 aromatic rings. The van der Waals surface area contributed by atoms with Crippen molar-refractivity contribution in [3.63, 3.8) is 0 Å². The zero-order valence-corrected chi connectivity index (χ0v) is 17.0. The number of piperazine rings is 1. The fourth-order valence-electron chi connectivity index (χ4n) is 3.49. The van der Waals surface area contributed by atoms with E-state index in [4.69, 9.17) is 10.2 Å². The van der Waals surface area contributed by atoms with Crippen molar-refractivity contribution < 1.29 is 0 Å². The molecule has 2 aromatic carbocycles. The fourth-order valence-corrected chi connectivity index (χ4v) is 4.30. The van der Waals surface area contributed by atoms with Gasteiger partial charge >= 0.3 is 0 Å². The van der Waals surface area contributed by atoms with E-state index in [-0.39, 0.29) is 0 Å². The first-order chi connectivity index (χ1) is 13.7. The molecule has 0 radical (unpaired) electrons. The van der Waals surface area contributed by atoms with Crippen molar-refractivity contribution in [3.8, 4) is 16.6 Å². The van der Waals surface area contributed by atoms with Gasteiger partial charge in [-0.15, -0.1) is 11.3 Å². The summed E-state index contributed by atoms with van der Waals surface area (Å²) in [6.45, 7) is 8.24. The van der Waals surface area contributed by atoms with Crippen molar-refractivity contribution in [2.24, 2.45) is 0 Å². The smallest absolute Gasteiger partial charge is 0.123 e. The highest BCUT2D eigenvalue weighted by Gasteiger charge is 2.18. The van der Waals surface area contributed by atoms with E-state index in [1.165, 1.54) is 22.4 Å². The predicted molar refractivity (Wildman–Crippen MR) is 114 cm³/mol. The van der Waals surface area contributed by atoms with Crippen LogP contribution < -0.4 is 0 Å². The molecule has 1 fully saturated rings. The maximum atomic E-state index is 8.91. The maximum Gasteiger partial charge on any atom is 0.123 e. The van der Waals surface area contributed by atoms with Gasteiger partial charge in [0.25, 0.3) is 0 Å². The lowest BCUT2D eigenvalue weighted by Crippen LogP contribution is -2.45. The Morgan fingerprint density at radius 1 is 0.929 bits per heavy atom. The van der Waals surface area contributed by atoms with Crippen molar-refractivity contribution in [2.45, 2.75) is 20.0 Å². The molecule has 1 aliphatic heterocycles. The van der Waals surface area contributed by atoms with Crippen LogP contribution >= 0.6 is 11.3 Å². The zero-order valence-electron chi connectivity index (χ0n) is 16.1. The Labute approximate surface area is 170 Å². The second-order valence-corrected chi connectivity index (χ2v) is 8.23. The molecule has 0 unspecified atom stereocenters. The Morgan fingerprint density at radius 3 is 2.21 bits per heavy atom. The van der Waals surface area contributed by atoms with E-state index in [1.807, 2.05) is 12.1 Å². The van der Waals surface area contributed by atoms with Crippen LogP contribution in [0.15, 0.2) is 53.9 Å². The highest BCUT2D eigenvalue weighted by atomic mass is 32.1. The molecule has 28 heavy (non-hydrogen) atoms. The second-order valence-electron chi connectivity index (χ2n) is 7.37. The van der Waals surface area contributed by atoms with Gasteiger partial charge in [-0.25, -0.2) is 4.98 Å². The summed E-state index contributed by atoms with van der Waals surface area (Å²) < 4.78 is 0. The van der Waals surface area contributed by atoms with Gasteiger partial charge in [0.15, 0.2) is 0 Å². The van der Waals surface area contributed by atoms with Gasteiger partial charge in [-0.1, -0.05) is 42.0 Å². The predicted octanol–water partition coefficient (Wildman–Crippen LogP) is 4.31. The van der Waals surface area contributed by atoms with E-state index >= 15 is 0 Å². The van der Waals surface area contributed by atoms with Crippen LogP contribution in [0.3, 0.4) is 0 Å². The first-order valence-electron chi connectivity index (χ1n) is 9.65. The molecule has 2 heterocycles. The third-order valence-electron chi connectivity index (χ3n) is 5.19. The van der Waals surface area contributed by atoms with Crippen LogP contribution in [-0.4, -0.2) is 41.0 Å². The highest BCUT2D eigenvalue weighted by molar-refractivity contribution is 7.13. The topological polar surface area (TPSA) is 43.2 Å². The lowest BCUT2D eigenvalue weighted by molar-refractivity contribution is 0.121. The van der Waals surface area contributed by atoms with Crippen LogP contribution in [0.1, 0.15) is 22.4 Å². The summed E-state index contributed by atoms with van der Waals surface area (Å²) in [6, 6.07) is 18.7. The van der Waals surface area contributed by atoms with E-state index in [0.29, 0.717) is 0 Å². The third-order valence-corrected chi connectivity index (χ3v) is 6.13. The molecular formula is C23H24N4S. The number of hydrogen-bond donors (Lipinski definition) is 0. The highest BCUT2D eigenvalue weighted by Crippen LogP contribution is 2.24. The van der Waals surface area contributed by atoms with E-state index in [2.05, 4.69) is 64.6 Å². The summed E-state index contributed by atoms with van der Waals surface area (Å²) in [5.41, 5.74) is 5.64. The second kappa shape index (κ2) is 8.66. The molecule has 0 atom stereocenters. The molecule has 0 spiro atoms. The first-order valence-corrected chi connectivity index (χ1v) is 10.5. The van der Waals surface area contributed by atoms with Crippen LogP contribution in [0.2, 0.25) is 0 Å². The van der Waals surface area contributed by atoms with Crippen LogP contribution in [-0.2, 0) is 13.1 Å². The van der Waals surface area contributed by atoms with Gasteiger partial charge in [0.1, 0.15) is 5.01 Å². The van der Waals surface area contributed by atoms with Gasteiger partial charge in [0.2, 0.25) is 0 Å². The molecule has 1 aromatic heterocycles. The van der Waals surface area contributed by atoms with Gasteiger partial charge in [-0.2, -0.15) is 5.26 Å². The Bertz CT molecular complexity index is 946. The average molecular weight is 389 g/mol. The number of aromatic nitrogens is 1. The Hall–Kier alpha value is -2.52. The molecule has 0 amide bonds. The molecule has 1 aliphatic rings. The number of nitriles is 1. The van der Waals surface area contributed by atoms with E-state index < -0.39 is 0 Å². The lowest BCUT2D eigenvalue weighted by Gasteiger charge is -2.34. The SMILES string of the molecule is Cc1ccc(-c2nc(CN3CCN(Cc4ccc(C#N)cc4)CC3)cs2)cc1. The number of rotatable bonds is 5. The quantitative estimate of drug-likeness (QED) is 0.653. The number of nitrogens with zero attached hydrogens (tertiary/aromatic N) is 4. The summed E-state index contributed by atoms with van der Waals surface area (Å²) >= 11 is 1.73. The summed E-state index contributed by atoms with van der Waals surface area (Å²) in [5, 5.41) is 12.2. The number of benzene rings is 2. The zero-order chi connectivity index (χ0) is 19.3. The van der Waals surface area contributed by atoms with Crippen LogP contribution in [0.4, 0.5) is 0 Å². The van der Waals surface area contributed by atoms with Gasteiger partial charge in [0, 0.05) is 50.2 Å².